The van der Waals surface area contributed by atoms with E-state index in [0.717, 1.165) is 5.56 Å². The minimum absolute atomic E-state index is 0.0420. The minimum atomic E-state index is -0.464. The molecule has 1 fully saturated rings. The van der Waals surface area contributed by atoms with Gasteiger partial charge in [0.2, 0.25) is 0 Å². The Bertz CT molecular complexity index is 492. The molecule has 0 spiro atoms. The topological polar surface area (TPSA) is 81.9 Å². The molecule has 21 heavy (non-hydrogen) atoms. The van der Waals surface area contributed by atoms with E-state index in [4.69, 9.17) is 15.2 Å². The van der Waals surface area contributed by atoms with E-state index in [-0.39, 0.29) is 31.1 Å². The summed E-state index contributed by atoms with van der Waals surface area (Å²) in [7, 11) is 1.33. The van der Waals surface area contributed by atoms with Gasteiger partial charge in [0.1, 0.15) is 12.6 Å². The molecular weight excluding hydrogens is 272 g/mol. The number of esters is 2. The number of nitrogens with zero attached hydrogens (tertiary/aromatic N) is 1. The Labute approximate surface area is 123 Å². The predicted octanol–water partition coefficient (Wildman–Crippen LogP) is 0.304. The van der Waals surface area contributed by atoms with Crippen LogP contribution in [0.15, 0.2) is 30.3 Å². The maximum absolute atomic E-state index is 11.9. The van der Waals surface area contributed by atoms with Gasteiger partial charge in [-0.3, -0.25) is 14.5 Å². The summed E-state index contributed by atoms with van der Waals surface area (Å²) in [5.41, 5.74) is 6.77. The van der Waals surface area contributed by atoms with Crippen LogP contribution in [-0.2, 0) is 25.7 Å². The summed E-state index contributed by atoms with van der Waals surface area (Å²) in [5, 5.41) is 0. The molecule has 2 atom stereocenters. The van der Waals surface area contributed by atoms with Crippen LogP contribution < -0.4 is 5.73 Å². The van der Waals surface area contributed by atoms with Crippen LogP contribution in [0.3, 0.4) is 0 Å². The van der Waals surface area contributed by atoms with Crippen molar-refractivity contribution in [2.75, 3.05) is 20.2 Å². The minimum Gasteiger partial charge on any atom is -0.468 e. The fraction of sp³-hybridized carbons (Fsp3) is 0.467. The molecule has 2 N–H and O–H groups in total. The Morgan fingerprint density at radius 1 is 1.33 bits per heavy atom. The first-order valence-corrected chi connectivity index (χ1v) is 6.87. The van der Waals surface area contributed by atoms with Crippen molar-refractivity contribution >= 4 is 11.9 Å². The fourth-order valence-electron chi connectivity index (χ4n) is 2.44. The van der Waals surface area contributed by atoms with E-state index in [9.17, 15) is 9.59 Å². The Hall–Kier alpha value is -1.92. The van der Waals surface area contributed by atoms with Gasteiger partial charge >= 0.3 is 11.9 Å². The summed E-state index contributed by atoms with van der Waals surface area (Å²) in [5.74, 6) is -0.735. The summed E-state index contributed by atoms with van der Waals surface area (Å²) in [6.07, 6.45) is 0.499. The lowest BCUT2D eigenvalue weighted by Gasteiger charge is -2.20. The van der Waals surface area contributed by atoms with Crippen LogP contribution in [0.2, 0.25) is 0 Å². The van der Waals surface area contributed by atoms with Crippen LogP contribution in [0.1, 0.15) is 12.0 Å². The smallest absolute Gasteiger partial charge is 0.323 e. The number of hydrogen-bond acceptors (Lipinski definition) is 6. The maximum atomic E-state index is 11.9. The molecule has 1 unspecified atom stereocenters. The van der Waals surface area contributed by atoms with Gasteiger partial charge in [-0.15, -0.1) is 0 Å². The average molecular weight is 292 g/mol. The van der Waals surface area contributed by atoms with E-state index in [2.05, 4.69) is 0 Å². The molecule has 0 radical (unpaired) electrons. The van der Waals surface area contributed by atoms with Gasteiger partial charge in [0.25, 0.3) is 0 Å². The zero-order valence-electron chi connectivity index (χ0n) is 12.0. The second-order valence-corrected chi connectivity index (χ2v) is 5.11. The van der Waals surface area contributed by atoms with E-state index in [1.807, 2.05) is 30.3 Å². The normalized spacial score (nSPS) is 22.0. The number of carbonyl (C=O) groups excluding carboxylic acids is 2. The first-order chi connectivity index (χ1) is 10.1. The molecule has 0 amide bonds. The number of rotatable bonds is 5. The zero-order valence-corrected chi connectivity index (χ0v) is 12.0. The first-order valence-electron chi connectivity index (χ1n) is 6.87. The number of hydrogen-bond donors (Lipinski definition) is 1. The monoisotopic (exact) mass is 292 g/mol. The second kappa shape index (κ2) is 7.19. The highest BCUT2D eigenvalue weighted by Crippen LogP contribution is 2.17. The number of nitrogens with two attached hydrogens (primary N) is 1. The third-order valence-electron chi connectivity index (χ3n) is 3.48. The van der Waals surface area contributed by atoms with E-state index < -0.39 is 6.04 Å². The van der Waals surface area contributed by atoms with Crippen LogP contribution in [0.5, 0.6) is 0 Å². The van der Waals surface area contributed by atoms with E-state index in [1.165, 1.54) is 7.11 Å². The Morgan fingerprint density at radius 2 is 2.05 bits per heavy atom. The third kappa shape index (κ3) is 4.27. The van der Waals surface area contributed by atoms with Gasteiger partial charge in [0.15, 0.2) is 0 Å². The standard InChI is InChI=1S/C15H20N2O4/c1-20-15(19)13-7-12(16)8-17(13)9-14(18)21-10-11-5-3-2-4-6-11/h2-6,12-13H,7-10,16H2,1H3/t12-,13?/m1/s1. The fourth-order valence-corrected chi connectivity index (χ4v) is 2.44. The maximum Gasteiger partial charge on any atom is 0.323 e. The molecule has 1 aromatic carbocycles. The lowest BCUT2D eigenvalue weighted by molar-refractivity contribution is -0.150. The highest BCUT2D eigenvalue weighted by molar-refractivity contribution is 5.78. The van der Waals surface area contributed by atoms with Crippen molar-refractivity contribution in [3.05, 3.63) is 35.9 Å². The SMILES string of the molecule is COC(=O)C1C[C@@H](N)CN1CC(=O)OCc1ccccc1. The van der Waals surface area contributed by atoms with Crippen molar-refractivity contribution in [3.63, 3.8) is 0 Å². The number of likely N-dealkylation sites (tertiary alicyclic amines) is 1. The first kappa shape index (κ1) is 15.5. The average Bonchev–Trinajstić information content (AvgIpc) is 2.86. The summed E-state index contributed by atoms with van der Waals surface area (Å²) >= 11 is 0. The molecule has 0 aromatic heterocycles. The summed E-state index contributed by atoms with van der Waals surface area (Å²) in [4.78, 5) is 25.3. The van der Waals surface area contributed by atoms with Gasteiger partial charge in [-0.05, 0) is 12.0 Å². The molecule has 114 valence electrons. The number of ether oxygens (including phenoxy) is 2. The Morgan fingerprint density at radius 3 is 2.71 bits per heavy atom. The van der Waals surface area contributed by atoms with E-state index >= 15 is 0 Å². The molecule has 1 aliphatic heterocycles. The van der Waals surface area contributed by atoms with Crippen LogP contribution in [0.4, 0.5) is 0 Å². The zero-order chi connectivity index (χ0) is 15.2. The largest absolute Gasteiger partial charge is 0.468 e. The molecule has 2 rings (SSSR count). The molecule has 6 heteroatoms. The van der Waals surface area contributed by atoms with Crippen LogP contribution in [0, 0.1) is 0 Å². The lowest BCUT2D eigenvalue weighted by Crippen LogP contribution is -2.40. The van der Waals surface area contributed by atoms with Crippen molar-refractivity contribution in [2.45, 2.75) is 25.1 Å². The molecule has 0 saturated carbocycles. The van der Waals surface area contributed by atoms with Gasteiger partial charge in [-0.1, -0.05) is 30.3 Å². The number of carbonyl (C=O) groups is 2. The summed E-state index contributed by atoms with van der Waals surface area (Å²) in [6, 6.07) is 8.85. The van der Waals surface area contributed by atoms with Crippen molar-refractivity contribution in [1.29, 1.82) is 0 Å². The summed E-state index contributed by atoms with van der Waals surface area (Å²) < 4.78 is 9.95. The van der Waals surface area contributed by atoms with Crippen molar-refractivity contribution in [2.24, 2.45) is 5.73 Å². The molecular formula is C15H20N2O4. The molecule has 1 heterocycles. The molecule has 1 aromatic rings. The molecule has 0 aliphatic carbocycles. The van der Waals surface area contributed by atoms with E-state index in [1.54, 1.807) is 4.90 Å². The van der Waals surface area contributed by atoms with Gasteiger partial charge in [0, 0.05) is 12.6 Å². The number of benzene rings is 1. The number of methoxy groups -OCH3 is 1. The van der Waals surface area contributed by atoms with Gasteiger partial charge in [-0.2, -0.15) is 0 Å². The quantitative estimate of drug-likeness (QED) is 0.786. The van der Waals surface area contributed by atoms with E-state index in [0.29, 0.717) is 13.0 Å². The third-order valence-corrected chi connectivity index (χ3v) is 3.48. The van der Waals surface area contributed by atoms with Crippen molar-refractivity contribution in [3.8, 4) is 0 Å². The highest BCUT2D eigenvalue weighted by Gasteiger charge is 2.37. The predicted molar refractivity (Wildman–Crippen MR) is 76.2 cm³/mol. The summed E-state index contributed by atoms with van der Waals surface area (Å²) in [6.45, 7) is 0.753. The highest BCUT2D eigenvalue weighted by atomic mass is 16.5. The van der Waals surface area contributed by atoms with Crippen molar-refractivity contribution < 1.29 is 19.1 Å². The Kier molecular flexibility index (Phi) is 5.30. The Balaban J connectivity index is 1.85. The second-order valence-electron chi connectivity index (χ2n) is 5.11. The van der Waals surface area contributed by atoms with Gasteiger partial charge < -0.3 is 15.2 Å². The van der Waals surface area contributed by atoms with Crippen LogP contribution in [-0.4, -0.2) is 49.1 Å². The molecule has 1 saturated heterocycles. The van der Waals surface area contributed by atoms with Crippen LogP contribution >= 0.6 is 0 Å². The molecule has 0 bridgehead atoms. The van der Waals surface area contributed by atoms with Gasteiger partial charge in [0.05, 0.1) is 13.7 Å². The lowest BCUT2D eigenvalue weighted by atomic mass is 10.2. The van der Waals surface area contributed by atoms with Gasteiger partial charge in [-0.25, -0.2) is 0 Å². The molecule has 6 nitrogen and oxygen atoms in total. The van der Waals surface area contributed by atoms with Crippen LogP contribution in [0.25, 0.3) is 0 Å². The molecule has 1 aliphatic rings. The van der Waals surface area contributed by atoms with Crippen molar-refractivity contribution in [1.82, 2.24) is 4.90 Å².